The van der Waals surface area contributed by atoms with Crippen molar-refractivity contribution in [2.24, 2.45) is 0 Å². The average Bonchev–Trinajstić information content (AvgIpc) is 2.42. The Morgan fingerprint density at radius 1 is 0.947 bits per heavy atom. The summed E-state index contributed by atoms with van der Waals surface area (Å²) in [5.74, 6) is 0. The molecule has 2 aromatic carbocycles. The van der Waals surface area contributed by atoms with Crippen molar-refractivity contribution in [3.05, 3.63) is 69.2 Å². The van der Waals surface area contributed by atoms with Gasteiger partial charge in [0.05, 0.1) is 10.0 Å². The lowest BCUT2D eigenvalue weighted by atomic mass is 9.99. The second-order valence-corrected chi connectivity index (χ2v) is 5.38. The maximum absolute atomic E-state index is 10.3. The molecule has 0 saturated heterocycles. The van der Waals surface area contributed by atoms with Gasteiger partial charge in [-0.2, -0.15) is 0 Å². The molecular formula is C16H16Cl2O. The summed E-state index contributed by atoms with van der Waals surface area (Å²) in [5, 5.41) is 11.3. The van der Waals surface area contributed by atoms with Gasteiger partial charge in [-0.15, -0.1) is 0 Å². The van der Waals surface area contributed by atoms with Gasteiger partial charge in [-0.1, -0.05) is 66.9 Å². The van der Waals surface area contributed by atoms with E-state index in [1.165, 1.54) is 5.56 Å². The van der Waals surface area contributed by atoms with E-state index in [9.17, 15) is 5.11 Å². The third-order valence-corrected chi connectivity index (χ3v) is 3.83. The molecule has 0 amide bonds. The van der Waals surface area contributed by atoms with E-state index in [1.54, 1.807) is 18.2 Å². The first-order chi connectivity index (χ1) is 9.11. The Morgan fingerprint density at radius 3 is 2.16 bits per heavy atom. The molecule has 0 aromatic heterocycles. The van der Waals surface area contributed by atoms with E-state index in [0.717, 1.165) is 24.0 Å². The van der Waals surface area contributed by atoms with Crippen LogP contribution in [0.2, 0.25) is 10.0 Å². The lowest BCUT2D eigenvalue weighted by molar-refractivity contribution is 0.220. The van der Waals surface area contributed by atoms with E-state index in [0.29, 0.717) is 10.0 Å². The summed E-state index contributed by atoms with van der Waals surface area (Å²) >= 11 is 11.8. The summed E-state index contributed by atoms with van der Waals surface area (Å²) in [6.45, 7) is 2.15. The van der Waals surface area contributed by atoms with Crippen molar-refractivity contribution >= 4 is 23.2 Å². The summed E-state index contributed by atoms with van der Waals surface area (Å²) in [6.07, 6.45) is 1.50. The van der Waals surface area contributed by atoms with Crippen LogP contribution in [0.25, 0.3) is 0 Å². The van der Waals surface area contributed by atoms with Crippen molar-refractivity contribution in [2.45, 2.75) is 25.9 Å². The average molecular weight is 295 g/mol. The molecule has 0 aliphatic rings. The van der Waals surface area contributed by atoms with Gasteiger partial charge >= 0.3 is 0 Å². The van der Waals surface area contributed by atoms with Crippen LogP contribution in [0, 0.1) is 0 Å². The van der Waals surface area contributed by atoms with Gasteiger partial charge in [0.25, 0.3) is 0 Å². The number of hydrogen-bond acceptors (Lipinski definition) is 1. The molecule has 1 N–H and O–H groups in total. The molecule has 0 bridgehead atoms. The van der Waals surface area contributed by atoms with E-state index in [1.807, 2.05) is 12.1 Å². The highest BCUT2D eigenvalue weighted by Crippen LogP contribution is 2.28. The normalized spacial score (nSPS) is 12.4. The zero-order valence-electron chi connectivity index (χ0n) is 10.7. The van der Waals surface area contributed by atoms with Gasteiger partial charge in [0, 0.05) is 0 Å². The lowest BCUT2D eigenvalue weighted by Crippen LogP contribution is -2.00. The first kappa shape index (κ1) is 14.4. The van der Waals surface area contributed by atoms with Gasteiger partial charge in [-0.25, -0.2) is 0 Å². The Morgan fingerprint density at radius 2 is 1.58 bits per heavy atom. The standard InChI is InChI=1S/C16H16Cl2O/c1-2-3-11-4-6-12(7-5-11)16(19)13-8-9-14(17)15(18)10-13/h4-10,16,19H,2-3H2,1H3. The fourth-order valence-corrected chi connectivity index (χ4v) is 2.34. The second-order valence-electron chi connectivity index (χ2n) is 4.57. The Hall–Kier alpha value is -1.02. The minimum absolute atomic E-state index is 0.459. The van der Waals surface area contributed by atoms with Gasteiger partial charge in [0.2, 0.25) is 0 Å². The van der Waals surface area contributed by atoms with Crippen molar-refractivity contribution in [1.82, 2.24) is 0 Å². The highest BCUT2D eigenvalue weighted by molar-refractivity contribution is 6.42. The number of halogens is 2. The number of benzene rings is 2. The second kappa shape index (κ2) is 6.42. The molecule has 2 aromatic rings. The number of aryl methyl sites for hydroxylation is 1. The van der Waals surface area contributed by atoms with E-state index < -0.39 is 6.10 Å². The van der Waals surface area contributed by atoms with Crippen molar-refractivity contribution in [3.63, 3.8) is 0 Å². The molecule has 19 heavy (non-hydrogen) atoms. The van der Waals surface area contributed by atoms with E-state index in [-0.39, 0.29) is 0 Å². The third kappa shape index (κ3) is 3.50. The van der Waals surface area contributed by atoms with Crippen molar-refractivity contribution in [1.29, 1.82) is 0 Å². The quantitative estimate of drug-likeness (QED) is 0.839. The predicted molar refractivity (Wildman–Crippen MR) is 81.0 cm³/mol. The number of hydrogen-bond donors (Lipinski definition) is 1. The highest BCUT2D eigenvalue weighted by atomic mass is 35.5. The summed E-state index contributed by atoms with van der Waals surface area (Å²) in [7, 11) is 0. The largest absolute Gasteiger partial charge is 0.384 e. The van der Waals surface area contributed by atoms with Crippen molar-refractivity contribution in [3.8, 4) is 0 Å². The van der Waals surface area contributed by atoms with Gasteiger partial charge < -0.3 is 5.11 Å². The zero-order valence-corrected chi connectivity index (χ0v) is 12.2. The van der Waals surface area contributed by atoms with Crippen LogP contribution in [0.1, 0.15) is 36.1 Å². The summed E-state index contributed by atoms with van der Waals surface area (Å²) in [6, 6.07) is 13.2. The molecule has 3 heteroatoms. The summed E-state index contributed by atoms with van der Waals surface area (Å²) in [4.78, 5) is 0. The molecule has 0 heterocycles. The number of rotatable bonds is 4. The molecule has 1 unspecified atom stereocenters. The van der Waals surface area contributed by atoms with Gasteiger partial charge in [-0.3, -0.25) is 0 Å². The maximum atomic E-state index is 10.3. The van der Waals surface area contributed by atoms with Crippen LogP contribution in [0.4, 0.5) is 0 Å². The minimum atomic E-state index is -0.676. The van der Waals surface area contributed by atoms with Crippen LogP contribution < -0.4 is 0 Å². The van der Waals surface area contributed by atoms with E-state index in [2.05, 4.69) is 19.1 Å². The van der Waals surface area contributed by atoms with Crippen LogP contribution in [-0.4, -0.2) is 5.11 Å². The maximum Gasteiger partial charge on any atom is 0.104 e. The first-order valence-electron chi connectivity index (χ1n) is 6.33. The molecule has 0 aliphatic heterocycles. The molecule has 100 valence electrons. The fourth-order valence-electron chi connectivity index (χ4n) is 2.03. The molecule has 0 saturated carbocycles. The molecule has 0 spiro atoms. The van der Waals surface area contributed by atoms with Crippen molar-refractivity contribution in [2.75, 3.05) is 0 Å². The molecule has 0 radical (unpaired) electrons. The number of aliphatic hydroxyl groups excluding tert-OH is 1. The lowest BCUT2D eigenvalue weighted by Gasteiger charge is -2.13. The van der Waals surface area contributed by atoms with Gasteiger partial charge in [-0.05, 0) is 35.2 Å². The van der Waals surface area contributed by atoms with Crippen LogP contribution in [0.15, 0.2) is 42.5 Å². The fraction of sp³-hybridized carbons (Fsp3) is 0.250. The minimum Gasteiger partial charge on any atom is -0.384 e. The molecule has 1 atom stereocenters. The smallest absolute Gasteiger partial charge is 0.104 e. The van der Waals surface area contributed by atoms with Crippen LogP contribution in [0.5, 0.6) is 0 Å². The monoisotopic (exact) mass is 294 g/mol. The Bertz CT molecular complexity index is 549. The Labute approximate surface area is 123 Å². The van der Waals surface area contributed by atoms with E-state index >= 15 is 0 Å². The topological polar surface area (TPSA) is 20.2 Å². The third-order valence-electron chi connectivity index (χ3n) is 3.09. The molecular weight excluding hydrogens is 279 g/mol. The number of aliphatic hydroxyl groups is 1. The van der Waals surface area contributed by atoms with Crippen LogP contribution >= 0.6 is 23.2 Å². The Kier molecular flexibility index (Phi) is 4.87. The zero-order chi connectivity index (χ0) is 13.8. The van der Waals surface area contributed by atoms with Crippen LogP contribution in [0.3, 0.4) is 0 Å². The summed E-state index contributed by atoms with van der Waals surface area (Å²) in [5.41, 5.74) is 2.89. The van der Waals surface area contributed by atoms with Crippen molar-refractivity contribution < 1.29 is 5.11 Å². The summed E-state index contributed by atoms with van der Waals surface area (Å²) < 4.78 is 0. The first-order valence-corrected chi connectivity index (χ1v) is 7.09. The highest BCUT2D eigenvalue weighted by Gasteiger charge is 2.11. The van der Waals surface area contributed by atoms with Gasteiger partial charge in [0.15, 0.2) is 0 Å². The van der Waals surface area contributed by atoms with Gasteiger partial charge in [0.1, 0.15) is 6.10 Å². The molecule has 2 rings (SSSR count). The molecule has 0 fully saturated rings. The Balaban J connectivity index is 2.22. The molecule has 0 aliphatic carbocycles. The SMILES string of the molecule is CCCc1ccc(C(O)c2ccc(Cl)c(Cl)c2)cc1. The molecule has 1 nitrogen and oxygen atoms in total. The predicted octanol–water partition coefficient (Wildman–Crippen LogP) is 5.03. The van der Waals surface area contributed by atoms with Crippen LogP contribution in [-0.2, 0) is 6.42 Å². The van der Waals surface area contributed by atoms with E-state index in [4.69, 9.17) is 23.2 Å².